The number of aromatic nitrogens is 1. The minimum atomic E-state index is -0.420. The van der Waals surface area contributed by atoms with E-state index in [1.54, 1.807) is 11.3 Å². The maximum absolute atomic E-state index is 12.5. The van der Waals surface area contributed by atoms with Gasteiger partial charge in [-0.25, -0.2) is 4.98 Å². The predicted octanol–water partition coefficient (Wildman–Crippen LogP) is 4.42. The number of benzene rings is 1. The lowest BCUT2D eigenvalue weighted by atomic mass is 10.1. The molecule has 4 nitrogen and oxygen atoms in total. The van der Waals surface area contributed by atoms with Gasteiger partial charge >= 0.3 is 0 Å². The van der Waals surface area contributed by atoms with Crippen molar-refractivity contribution in [2.24, 2.45) is 0 Å². The van der Waals surface area contributed by atoms with Crippen LogP contribution in [0.3, 0.4) is 0 Å². The first-order valence-corrected chi connectivity index (χ1v) is 9.02. The fourth-order valence-corrected chi connectivity index (χ4v) is 3.43. The van der Waals surface area contributed by atoms with Crippen LogP contribution in [-0.4, -0.2) is 23.5 Å². The Morgan fingerprint density at radius 2 is 2.17 bits per heavy atom. The van der Waals surface area contributed by atoms with Crippen molar-refractivity contribution in [3.8, 4) is 17.0 Å². The highest BCUT2D eigenvalue weighted by Crippen LogP contribution is 2.37. The molecule has 0 N–H and O–H groups in total. The normalized spacial score (nSPS) is 17.1. The van der Waals surface area contributed by atoms with Crippen LogP contribution < -0.4 is 9.64 Å². The van der Waals surface area contributed by atoms with Gasteiger partial charge in [0, 0.05) is 17.5 Å². The van der Waals surface area contributed by atoms with E-state index in [1.165, 1.54) is 0 Å². The smallest absolute Gasteiger partial charge is 0.267 e. The van der Waals surface area contributed by atoms with Gasteiger partial charge in [0.1, 0.15) is 5.75 Å². The average Bonchev–Trinajstić information content (AvgIpc) is 2.97. The van der Waals surface area contributed by atoms with Crippen LogP contribution in [-0.2, 0) is 4.79 Å². The van der Waals surface area contributed by atoms with Crippen LogP contribution in [0, 0.1) is 6.92 Å². The Balaban J connectivity index is 1.95. The monoisotopic (exact) mass is 330 g/mol. The van der Waals surface area contributed by atoms with E-state index in [2.05, 4.69) is 11.9 Å². The maximum atomic E-state index is 12.5. The average molecular weight is 330 g/mol. The molecular formula is C18H22N2O2S. The van der Waals surface area contributed by atoms with E-state index in [0.29, 0.717) is 0 Å². The Morgan fingerprint density at radius 1 is 1.35 bits per heavy atom. The van der Waals surface area contributed by atoms with Crippen molar-refractivity contribution in [3.05, 3.63) is 28.6 Å². The molecule has 0 spiro atoms. The number of carbonyl (C=O) groups is 1. The summed E-state index contributed by atoms with van der Waals surface area (Å²) in [4.78, 5) is 18.9. The van der Waals surface area contributed by atoms with Gasteiger partial charge in [0.15, 0.2) is 6.10 Å². The number of thiazole rings is 1. The summed E-state index contributed by atoms with van der Waals surface area (Å²) in [7, 11) is 0. The van der Waals surface area contributed by atoms with Crippen molar-refractivity contribution in [2.75, 3.05) is 11.4 Å². The number of nitrogens with zero attached hydrogens (tertiary/aromatic N) is 2. The number of amides is 1. The molecule has 0 fully saturated rings. The molecule has 0 saturated carbocycles. The van der Waals surface area contributed by atoms with Gasteiger partial charge in [-0.05, 0) is 38.5 Å². The molecule has 1 unspecified atom stereocenters. The molecule has 1 aromatic heterocycles. The van der Waals surface area contributed by atoms with Gasteiger partial charge in [0.05, 0.1) is 16.4 Å². The highest BCUT2D eigenvalue weighted by Gasteiger charge is 2.31. The number of aryl methyl sites for hydroxylation is 1. The summed E-state index contributed by atoms with van der Waals surface area (Å²) in [6.07, 6.45) is 2.85. The van der Waals surface area contributed by atoms with Crippen LogP contribution >= 0.6 is 11.3 Å². The first-order valence-electron chi connectivity index (χ1n) is 8.14. The third kappa shape index (κ3) is 3.24. The van der Waals surface area contributed by atoms with Crippen LogP contribution in [0.15, 0.2) is 23.6 Å². The minimum absolute atomic E-state index is 0.0419. The summed E-state index contributed by atoms with van der Waals surface area (Å²) in [5.41, 5.74) is 2.85. The van der Waals surface area contributed by atoms with E-state index < -0.39 is 6.10 Å². The van der Waals surface area contributed by atoms with Crippen LogP contribution in [0.25, 0.3) is 11.3 Å². The van der Waals surface area contributed by atoms with Gasteiger partial charge in [-0.15, -0.1) is 11.3 Å². The van der Waals surface area contributed by atoms with Crippen molar-refractivity contribution in [3.63, 3.8) is 0 Å². The molecule has 1 aromatic carbocycles. The Labute approximate surface area is 141 Å². The zero-order chi connectivity index (χ0) is 16.4. The van der Waals surface area contributed by atoms with Crippen molar-refractivity contribution >= 4 is 22.9 Å². The predicted molar refractivity (Wildman–Crippen MR) is 94.3 cm³/mol. The molecule has 0 bridgehead atoms. The lowest BCUT2D eigenvalue weighted by molar-refractivity contribution is -0.125. The molecule has 23 heavy (non-hydrogen) atoms. The SMILES string of the molecule is CCCCCN1C(=O)C(C)Oc2ccc(-c3csc(C)n3)cc21. The van der Waals surface area contributed by atoms with Crippen molar-refractivity contribution < 1.29 is 9.53 Å². The van der Waals surface area contributed by atoms with E-state index in [1.807, 2.05) is 42.3 Å². The van der Waals surface area contributed by atoms with E-state index >= 15 is 0 Å². The number of anilines is 1. The number of ether oxygens (including phenoxy) is 1. The molecule has 1 amide bonds. The molecule has 0 radical (unpaired) electrons. The largest absolute Gasteiger partial charge is 0.479 e. The number of rotatable bonds is 5. The number of unbranched alkanes of at least 4 members (excludes halogenated alkanes) is 2. The summed E-state index contributed by atoms with van der Waals surface area (Å²) in [6, 6.07) is 5.99. The summed E-state index contributed by atoms with van der Waals surface area (Å²) >= 11 is 1.63. The van der Waals surface area contributed by atoms with Crippen LogP contribution in [0.2, 0.25) is 0 Å². The molecule has 1 aliphatic heterocycles. The lowest BCUT2D eigenvalue weighted by Gasteiger charge is -2.33. The Morgan fingerprint density at radius 3 is 2.87 bits per heavy atom. The number of carbonyl (C=O) groups excluding carboxylic acids is 1. The second-order valence-corrected chi connectivity index (χ2v) is 6.95. The highest BCUT2D eigenvalue weighted by molar-refractivity contribution is 7.09. The Hall–Kier alpha value is -1.88. The molecule has 0 saturated heterocycles. The summed E-state index contributed by atoms with van der Waals surface area (Å²) in [5, 5.41) is 3.09. The molecular weight excluding hydrogens is 308 g/mol. The summed E-state index contributed by atoms with van der Waals surface area (Å²) in [6.45, 7) is 6.72. The lowest BCUT2D eigenvalue weighted by Crippen LogP contribution is -2.44. The molecule has 1 atom stereocenters. The van der Waals surface area contributed by atoms with E-state index in [4.69, 9.17) is 4.74 Å². The second-order valence-electron chi connectivity index (χ2n) is 5.89. The highest BCUT2D eigenvalue weighted by atomic mass is 32.1. The van der Waals surface area contributed by atoms with Crippen LogP contribution in [0.5, 0.6) is 5.75 Å². The van der Waals surface area contributed by atoms with Crippen molar-refractivity contribution in [1.82, 2.24) is 4.98 Å². The van der Waals surface area contributed by atoms with E-state index in [0.717, 1.165) is 53.5 Å². The van der Waals surface area contributed by atoms with Crippen LogP contribution in [0.4, 0.5) is 5.69 Å². The van der Waals surface area contributed by atoms with E-state index in [-0.39, 0.29) is 5.91 Å². The van der Waals surface area contributed by atoms with Crippen LogP contribution in [0.1, 0.15) is 38.1 Å². The maximum Gasteiger partial charge on any atom is 0.267 e. The summed E-state index contributed by atoms with van der Waals surface area (Å²) < 4.78 is 5.77. The molecule has 5 heteroatoms. The number of hydrogen-bond donors (Lipinski definition) is 0. The summed E-state index contributed by atoms with van der Waals surface area (Å²) in [5.74, 6) is 0.824. The van der Waals surface area contributed by atoms with E-state index in [9.17, 15) is 4.79 Å². The molecule has 122 valence electrons. The third-order valence-electron chi connectivity index (χ3n) is 4.07. The van der Waals surface area contributed by atoms with Gasteiger partial charge in [0.25, 0.3) is 5.91 Å². The zero-order valence-corrected chi connectivity index (χ0v) is 14.7. The van der Waals surface area contributed by atoms with Gasteiger partial charge < -0.3 is 9.64 Å². The molecule has 3 rings (SSSR count). The fraction of sp³-hybridized carbons (Fsp3) is 0.444. The molecule has 2 heterocycles. The number of hydrogen-bond acceptors (Lipinski definition) is 4. The standard InChI is InChI=1S/C18H22N2O2S/c1-4-5-6-9-20-16-10-14(15-11-23-13(3)19-15)7-8-17(16)22-12(2)18(20)21/h7-8,10-12H,4-6,9H2,1-3H3. The molecule has 0 aliphatic carbocycles. The second kappa shape index (κ2) is 6.71. The van der Waals surface area contributed by atoms with Crippen molar-refractivity contribution in [2.45, 2.75) is 46.1 Å². The van der Waals surface area contributed by atoms with Gasteiger partial charge in [0.2, 0.25) is 0 Å². The molecule has 1 aliphatic rings. The quantitative estimate of drug-likeness (QED) is 0.762. The zero-order valence-electron chi connectivity index (χ0n) is 13.8. The Bertz CT molecular complexity index is 711. The van der Waals surface area contributed by atoms with Gasteiger partial charge in [-0.1, -0.05) is 19.8 Å². The minimum Gasteiger partial charge on any atom is -0.479 e. The third-order valence-corrected chi connectivity index (χ3v) is 4.84. The van der Waals surface area contributed by atoms with Gasteiger partial charge in [-0.3, -0.25) is 4.79 Å². The number of fused-ring (bicyclic) bond motifs is 1. The van der Waals surface area contributed by atoms with Gasteiger partial charge in [-0.2, -0.15) is 0 Å². The van der Waals surface area contributed by atoms with Crippen molar-refractivity contribution in [1.29, 1.82) is 0 Å². The first kappa shape index (κ1) is 16.0. The molecule has 2 aromatic rings. The Kier molecular flexibility index (Phi) is 4.66. The fourth-order valence-electron chi connectivity index (χ4n) is 2.81. The first-order chi connectivity index (χ1) is 11.1. The topological polar surface area (TPSA) is 42.4 Å².